The molecule has 6 rings (SSSR count). The van der Waals surface area contributed by atoms with Crippen LogP contribution in [0.5, 0.6) is 0 Å². The Morgan fingerprint density at radius 1 is 0.774 bits per heavy atom. The van der Waals surface area contributed by atoms with Crippen LogP contribution in [0.2, 0.25) is 0 Å². The molecule has 6 aromatic rings. The Balaban J connectivity index is 1.44. The van der Waals surface area contributed by atoms with E-state index in [1.54, 1.807) is 18.3 Å². The maximum atomic E-state index is 7.64. The number of nitrogens with zero attached hydrogens (tertiary/aromatic N) is 3. The first kappa shape index (κ1) is 12.6. The second-order valence-electron chi connectivity index (χ2n) is 7.37. The zero-order chi connectivity index (χ0) is 25.9. The van der Waals surface area contributed by atoms with Gasteiger partial charge in [-0.2, -0.15) is 0 Å². The Morgan fingerprint density at radius 3 is 2.58 bits per heavy atom. The van der Waals surface area contributed by atoms with E-state index in [1.165, 1.54) is 12.1 Å². The van der Waals surface area contributed by atoms with Gasteiger partial charge < -0.3 is 4.42 Å². The minimum Gasteiger partial charge on any atom is -0.437 e. The number of fused-ring (bicyclic) bond motifs is 4. The highest BCUT2D eigenvalue weighted by Gasteiger charge is 2.14. The lowest BCUT2D eigenvalue weighted by Gasteiger charge is -2.07. The molecule has 148 valence electrons. The van der Waals surface area contributed by atoms with E-state index in [0.717, 1.165) is 32.8 Å². The Bertz CT molecular complexity index is 1820. The lowest BCUT2D eigenvalue weighted by atomic mass is 10.0. The molecule has 4 heterocycles. The molecular weight excluding hydrogens is 382 g/mol. The highest BCUT2D eigenvalue weighted by molar-refractivity contribution is 6.08. The predicted octanol–water partition coefficient (Wildman–Crippen LogP) is 6.88. The van der Waals surface area contributed by atoms with Gasteiger partial charge in [-0.05, 0) is 73.4 Å². The van der Waals surface area contributed by atoms with Crippen LogP contribution in [-0.2, 0) is 0 Å². The minimum atomic E-state index is -2.32. The molecule has 0 fully saturated rings. The first-order valence-electron chi connectivity index (χ1n) is 12.8. The highest BCUT2D eigenvalue weighted by Crippen LogP contribution is 2.35. The first-order valence-corrected chi connectivity index (χ1v) is 9.79. The second kappa shape index (κ2) is 6.74. The summed E-state index contributed by atoms with van der Waals surface area (Å²) in [7, 11) is 0. The van der Waals surface area contributed by atoms with Gasteiger partial charge in [-0.15, -0.1) is 0 Å². The van der Waals surface area contributed by atoms with Crippen molar-refractivity contribution in [3.63, 3.8) is 0 Å². The molecule has 0 spiro atoms. The number of hydrogen-bond acceptors (Lipinski definition) is 4. The molecule has 4 aromatic heterocycles. The molecular formula is C27H19N3O. The van der Waals surface area contributed by atoms with E-state index >= 15 is 0 Å². The SMILES string of the molecule is [2H]C([2H])([2H])c1ccc2cc(-c3ccnc(-c4cccc5c4oc4nc(C([2H])([2H])[2H])ccc45)c3)ccc2n1. The largest absolute Gasteiger partial charge is 0.437 e. The summed E-state index contributed by atoms with van der Waals surface area (Å²) < 4.78 is 51.8. The van der Waals surface area contributed by atoms with E-state index in [2.05, 4.69) is 15.0 Å². The molecule has 0 aliphatic heterocycles. The number of pyridine rings is 3. The zero-order valence-electron chi connectivity index (χ0n) is 22.3. The molecule has 4 heteroatoms. The van der Waals surface area contributed by atoms with Crippen molar-refractivity contribution in [2.75, 3.05) is 0 Å². The van der Waals surface area contributed by atoms with E-state index in [9.17, 15) is 0 Å². The van der Waals surface area contributed by atoms with Crippen LogP contribution >= 0.6 is 0 Å². The van der Waals surface area contributed by atoms with Gasteiger partial charge in [-0.3, -0.25) is 9.97 Å². The number of para-hydroxylation sites is 1. The molecule has 0 amide bonds. The van der Waals surface area contributed by atoms with Gasteiger partial charge in [0.25, 0.3) is 0 Å². The molecule has 0 bridgehead atoms. The van der Waals surface area contributed by atoms with Gasteiger partial charge in [0.15, 0.2) is 0 Å². The van der Waals surface area contributed by atoms with Crippen LogP contribution in [0.3, 0.4) is 0 Å². The number of aryl methyl sites for hydroxylation is 2. The van der Waals surface area contributed by atoms with E-state index in [4.69, 9.17) is 12.6 Å². The van der Waals surface area contributed by atoms with Gasteiger partial charge in [0.1, 0.15) is 5.58 Å². The van der Waals surface area contributed by atoms with Crippen molar-refractivity contribution >= 4 is 33.0 Å². The van der Waals surface area contributed by atoms with Crippen LogP contribution in [-0.4, -0.2) is 15.0 Å². The molecule has 0 N–H and O–H groups in total. The van der Waals surface area contributed by atoms with Crippen molar-refractivity contribution in [1.29, 1.82) is 0 Å². The van der Waals surface area contributed by atoms with Crippen LogP contribution in [0.25, 0.3) is 55.4 Å². The summed E-state index contributed by atoms with van der Waals surface area (Å²) in [4.78, 5) is 13.1. The summed E-state index contributed by atoms with van der Waals surface area (Å²) in [5.41, 5.74) is 4.82. The number of hydrogen-bond donors (Lipinski definition) is 0. The van der Waals surface area contributed by atoms with Crippen LogP contribution in [0.4, 0.5) is 0 Å². The molecule has 4 nitrogen and oxygen atoms in total. The molecule has 0 saturated heterocycles. The second-order valence-corrected chi connectivity index (χ2v) is 7.37. The number of rotatable bonds is 2. The molecule has 0 atom stereocenters. The molecule has 0 aliphatic carbocycles. The third-order valence-electron chi connectivity index (χ3n) is 5.42. The maximum Gasteiger partial charge on any atom is 0.227 e. The summed E-state index contributed by atoms with van der Waals surface area (Å²) in [6.45, 7) is -4.58. The smallest absolute Gasteiger partial charge is 0.227 e. The third kappa shape index (κ3) is 2.96. The lowest BCUT2D eigenvalue weighted by molar-refractivity contribution is 0.653. The van der Waals surface area contributed by atoms with Gasteiger partial charge in [-0.25, -0.2) is 4.98 Å². The van der Waals surface area contributed by atoms with Gasteiger partial charge in [0.2, 0.25) is 5.71 Å². The molecule has 2 aromatic carbocycles. The van der Waals surface area contributed by atoms with Crippen molar-refractivity contribution in [3.05, 3.63) is 90.4 Å². The Morgan fingerprint density at radius 2 is 1.65 bits per heavy atom. The topological polar surface area (TPSA) is 51.8 Å². The van der Waals surface area contributed by atoms with E-state index in [0.29, 0.717) is 16.8 Å². The molecule has 0 aliphatic rings. The molecule has 31 heavy (non-hydrogen) atoms. The number of aromatic nitrogens is 3. The fraction of sp³-hybridized carbons (Fsp3) is 0.0741. The van der Waals surface area contributed by atoms with Crippen LogP contribution in [0.15, 0.2) is 83.4 Å². The molecule has 0 unspecified atom stereocenters. The maximum absolute atomic E-state index is 7.64. The van der Waals surface area contributed by atoms with Gasteiger partial charge in [-0.1, -0.05) is 24.3 Å². The fourth-order valence-electron chi connectivity index (χ4n) is 3.94. The van der Waals surface area contributed by atoms with Crippen molar-refractivity contribution < 1.29 is 12.6 Å². The first-order chi connectivity index (χ1) is 17.6. The van der Waals surface area contributed by atoms with Crippen LogP contribution in [0, 0.1) is 13.7 Å². The van der Waals surface area contributed by atoms with Crippen molar-refractivity contribution in [2.24, 2.45) is 0 Å². The average molecular weight is 408 g/mol. The molecule has 0 saturated carbocycles. The monoisotopic (exact) mass is 407 g/mol. The van der Waals surface area contributed by atoms with Crippen molar-refractivity contribution in [3.8, 4) is 22.4 Å². The highest BCUT2D eigenvalue weighted by atomic mass is 16.3. The van der Waals surface area contributed by atoms with Gasteiger partial charge in [0.05, 0.1) is 11.2 Å². The van der Waals surface area contributed by atoms with Gasteiger partial charge >= 0.3 is 0 Å². The lowest BCUT2D eigenvalue weighted by Crippen LogP contribution is -1.87. The fourth-order valence-corrected chi connectivity index (χ4v) is 3.94. The zero-order valence-corrected chi connectivity index (χ0v) is 16.3. The minimum absolute atomic E-state index is 0.0162. The van der Waals surface area contributed by atoms with E-state index in [-0.39, 0.29) is 17.1 Å². The number of benzene rings is 2. The summed E-state index contributed by atoms with van der Waals surface area (Å²) in [6.07, 6.45) is 1.72. The quantitative estimate of drug-likeness (QED) is 0.314. The summed E-state index contributed by atoms with van der Waals surface area (Å²) >= 11 is 0. The van der Waals surface area contributed by atoms with Crippen molar-refractivity contribution in [2.45, 2.75) is 13.7 Å². The van der Waals surface area contributed by atoms with Crippen molar-refractivity contribution in [1.82, 2.24) is 15.0 Å². The normalized spacial score (nSPS) is 15.2. The predicted molar refractivity (Wildman–Crippen MR) is 125 cm³/mol. The average Bonchev–Trinajstić information content (AvgIpc) is 3.25. The van der Waals surface area contributed by atoms with E-state index < -0.39 is 13.7 Å². The summed E-state index contributed by atoms with van der Waals surface area (Å²) in [5, 5.41) is 2.39. The number of furan rings is 1. The van der Waals surface area contributed by atoms with Crippen LogP contribution in [0.1, 0.15) is 19.6 Å². The standard InChI is InChI=1S/C27H19N3O/c1-16-6-8-20-14-18(9-11-24(20)29-16)19-12-13-28-25(15-19)23-5-3-4-21-22-10-7-17(2)30-27(22)31-26(21)23/h3-15H,1-2H3/i1D3,2D3. The van der Waals surface area contributed by atoms with Gasteiger partial charge in [0, 0.05) is 47.5 Å². The van der Waals surface area contributed by atoms with Crippen LogP contribution < -0.4 is 0 Å². The van der Waals surface area contributed by atoms with E-state index in [1.807, 2.05) is 48.5 Å². The Labute approximate surface area is 187 Å². The Hall–Kier alpha value is -4.05. The summed E-state index contributed by atoms with van der Waals surface area (Å²) in [5.74, 6) is 0. The summed E-state index contributed by atoms with van der Waals surface area (Å²) in [6, 6.07) is 21.8. The molecule has 0 radical (unpaired) electrons. The Kier molecular flexibility index (Phi) is 2.74. The third-order valence-corrected chi connectivity index (χ3v) is 5.42.